The van der Waals surface area contributed by atoms with E-state index in [-0.39, 0.29) is 20.9 Å². The number of rotatable bonds is 4. The Bertz CT molecular complexity index is 186. The molecule has 1 N–H and O–H groups in total. The fourth-order valence-electron chi connectivity index (χ4n) is 0.771. The van der Waals surface area contributed by atoms with Crippen LogP contribution in [0.5, 0.6) is 0 Å². The van der Waals surface area contributed by atoms with E-state index in [9.17, 15) is 0 Å². The summed E-state index contributed by atoms with van der Waals surface area (Å²) in [5, 5.41) is 8.57. The van der Waals surface area contributed by atoms with Crippen molar-refractivity contribution in [2.75, 3.05) is 6.61 Å². The van der Waals surface area contributed by atoms with Gasteiger partial charge >= 0.3 is 77.5 Å². The van der Waals surface area contributed by atoms with Gasteiger partial charge < -0.3 is 0 Å². The molecule has 0 unspecified atom stereocenters. The van der Waals surface area contributed by atoms with Gasteiger partial charge in [0.2, 0.25) is 0 Å². The predicted molar refractivity (Wildman–Crippen MR) is 48.3 cm³/mol. The maximum absolute atomic E-state index is 8.57. The van der Waals surface area contributed by atoms with Gasteiger partial charge in [0.05, 0.1) is 0 Å². The molecule has 0 aliphatic carbocycles. The molecule has 1 nitrogen and oxygen atoms in total. The van der Waals surface area contributed by atoms with Crippen molar-refractivity contribution in [3.05, 3.63) is 30.3 Å². The van der Waals surface area contributed by atoms with Crippen molar-refractivity contribution in [1.29, 1.82) is 0 Å². The van der Waals surface area contributed by atoms with Crippen molar-refractivity contribution >= 4 is 24.5 Å². The molecule has 0 fully saturated rings. The number of hydrogen-bond donors (Lipinski definition) is 1. The zero-order valence-electron chi connectivity index (χ0n) is 6.36. The standard InChI is InChI=1S/C9H12OTe/c10-7-4-8-11-9-5-2-1-3-6-9/h1-3,5-6,10H,4,7-8H2. The molecule has 11 heavy (non-hydrogen) atoms. The Morgan fingerprint density at radius 3 is 2.55 bits per heavy atom. The van der Waals surface area contributed by atoms with Gasteiger partial charge in [-0.05, 0) is 0 Å². The summed E-state index contributed by atoms with van der Waals surface area (Å²) in [6.45, 7) is 0.345. The average Bonchev–Trinajstić information content (AvgIpc) is 2.07. The van der Waals surface area contributed by atoms with Gasteiger partial charge in [0.1, 0.15) is 0 Å². The third-order valence-electron chi connectivity index (χ3n) is 1.31. The van der Waals surface area contributed by atoms with Gasteiger partial charge in [-0.2, -0.15) is 0 Å². The van der Waals surface area contributed by atoms with Crippen LogP contribution < -0.4 is 3.61 Å². The molecule has 0 amide bonds. The number of aliphatic hydroxyl groups excluding tert-OH is 1. The van der Waals surface area contributed by atoms with E-state index >= 15 is 0 Å². The van der Waals surface area contributed by atoms with Crippen LogP contribution in [0.2, 0.25) is 4.47 Å². The molecule has 0 spiro atoms. The molecule has 2 heteroatoms. The monoisotopic (exact) mass is 266 g/mol. The van der Waals surface area contributed by atoms with E-state index in [1.165, 1.54) is 8.08 Å². The fraction of sp³-hybridized carbons (Fsp3) is 0.333. The van der Waals surface area contributed by atoms with E-state index in [2.05, 4.69) is 24.3 Å². The quantitative estimate of drug-likeness (QED) is 0.630. The van der Waals surface area contributed by atoms with E-state index in [0.717, 1.165) is 6.42 Å². The van der Waals surface area contributed by atoms with Gasteiger partial charge in [-0.1, -0.05) is 0 Å². The first-order valence-electron chi connectivity index (χ1n) is 3.72. The molecule has 0 aliphatic rings. The molecule has 0 radical (unpaired) electrons. The minimum atomic E-state index is -0.00771. The number of hydrogen-bond acceptors (Lipinski definition) is 1. The number of aliphatic hydroxyl groups is 1. The average molecular weight is 264 g/mol. The van der Waals surface area contributed by atoms with Crippen LogP contribution in [0, 0.1) is 0 Å². The van der Waals surface area contributed by atoms with Crippen LogP contribution in [0.3, 0.4) is 0 Å². The zero-order valence-corrected chi connectivity index (χ0v) is 8.69. The summed E-state index contributed by atoms with van der Waals surface area (Å²) < 4.78 is 2.71. The topological polar surface area (TPSA) is 20.2 Å². The SMILES string of the molecule is OCCC[Te]c1ccccc1. The Kier molecular flexibility index (Phi) is 4.61. The second-order valence-corrected chi connectivity index (χ2v) is 5.57. The van der Waals surface area contributed by atoms with Crippen LogP contribution in [0.15, 0.2) is 30.3 Å². The first kappa shape index (κ1) is 9.06. The Morgan fingerprint density at radius 2 is 1.91 bits per heavy atom. The van der Waals surface area contributed by atoms with Crippen LogP contribution in [0.4, 0.5) is 0 Å². The molecule has 0 aliphatic heterocycles. The summed E-state index contributed by atoms with van der Waals surface area (Å²) in [5.41, 5.74) is 0. The van der Waals surface area contributed by atoms with Crippen molar-refractivity contribution in [3.8, 4) is 0 Å². The third-order valence-corrected chi connectivity index (χ3v) is 4.45. The first-order valence-corrected chi connectivity index (χ1v) is 6.53. The second-order valence-electron chi connectivity index (χ2n) is 2.24. The molecule has 60 valence electrons. The molecular formula is C9H12OTe. The van der Waals surface area contributed by atoms with E-state index < -0.39 is 0 Å². The zero-order chi connectivity index (χ0) is 7.94. The second kappa shape index (κ2) is 5.60. The third kappa shape index (κ3) is 3.76. The Morgan fingerprint density at radius 1 is 1.18 bits per heavy atom. The summed E-state index contributed by atoms with van der Waals surface area (Å²) >= 11 is -0.00771. The van der Waals surface area contributed by atoms with Crippen LogP contribution in [-0.2, 0) is 0 Å². The van der Waals surface area contributed by atoms with Crippen LogP contribution >= 0.6 is 0 Å². The molecule has 1 rings (SSSR count). The van der Waals surface area contributed by atoms with Gasteiger partial charge in [-0.15, -0.1) is 0 Å². The predicted octanol–water partition coefficient (Wildman–Crippen LogP) is 0.817. The first-order chi connectivity index (χ1) is 5.43. The summed E-state index contributed by atoms with van der Waals surface area (Å²) in [5.74, 6) is 0. The van der Waals surface area contributed by atoms with Crippen molar-refractivity contribution in [3.63, 3.8) is 0 Å². The fourth-order valence-corrected chi connectivity index (χ4v) is 3.22. The van der Waals surface area contributed by atoms with Gasteiger partial charge in [0, 0.05) is 0 Å². The normalized spacial score (nSPS) is 9.91. The molecule has 0 atom stereocenters. The van der Waals surface area contributed by atoms with E-state index in [4.69, 9.17) is 5.11 Å². The van der Waals surface area contributed by atoms with E-state index in [1.54, 1.807) is 0 Å². The van der Waals surface area contributed by atoms with E-state index in [0.29, 0.717) is 6.61 Å². The molecule has 0 aromatic heterocycles. The Hall–Kier alpha value is -0.0304. The van der Waals surface area contributed by atoms with Crippen LogP contribution in [0.1, 0.15) is 6.42 Å². The van der Waals surface area contributed by atoms with Crippen molar-refractivity contribution in [1.82, 2.24) is 0 Å². The van der Waals surface area contributed by atoms with Gasteiger partial charge in [0.15, 0.2) is 0 Å². The molecule has 0 saturated heterocycles. The van der Waals surface area contributed by atoms with E-state index in [1.807, 2.05) is 6.07 Å². The van der Waals surface area contributed by atoms with Crippen molar-refractivity contribution in [2.24, 2.45) is 0 Å². The van der Waals surface area contributed by atoms with Crippen LogP contribution in [-0.4, -0.2) is 32.6 Å². The minimum absolute atomic E-state index is 0.00771. The van der Waals surface area contributed by atoms with Gasteiger partial charge in [-0.25, -0.2) is 0 Å². The molecule has 0 heterocycles. The van der Waals surface area contributed by atoms with Crippen molar-refractivity contribution in [2.45, 2.75) is 10.9 Å². The molecule has 0 saturated carbocycles. The Balaban J connectivity index is 2.28. The van der Waals surface area contributed by atoms with Crippen LogP contribution in [0.25, 0.3) is 0 Å². The summed E-state index contributed by atoms with van der Waals surface area (Å²) in [6, 6.07) is 10.6. The van der Waals surface area contributed by atoms with Gasteiger partial charge in [0.25, 0.3) is 0 Å². The Labute approximate surface area is 77.5 Å². The molecule has 0 bridgehead atoms. The summed E-state index contributed by atoms with van der Waals surface area (Å²) in [6.07, 6.45) is 0.969. The summed E-state index contributed by atoms with van der Waals surface area (Å²) in [7, 11) is 0. The summed E-state index contributed by atoms with van der Waals surface area (Å²) in [4.78, 5) is 0. The molecular weight excluding hydrogens is 252 g/mol. The molecule has 1 aromatic carbocycles. The van der Waals surface area contributed by atoms with Gasteiger partial charge in [-0.3, -0.25) is 0 Å². The maximum atomic E-state index is 8.57. The van der Waals surface area contributed by atoms with Crippen molar-refractivity contribution < 1.29 is 5.11 Å². The molecule has 1 aromatic rings. The number of benzene rings is 1.